The molecule has 0 unspecified atom stereocenters. The molecule has 0 spiro atoms. The van der Waals surface area contributed by atoms with Gasteiger partial charge in [0.2, 0.25) is 5.89 Å². The molecule has 1 aromatic rings. The summed E-state index contributed by atoms with van der Waals surface area (Å²) in [6, 6.07) is 0.679. The van der Waals surface area contributed by atoms with Crippen LogP contribution in [0.2, 0.25) is 0 Å². The van der Waals surface area contributed by atoms with Crippen molar-refractivity contribution >= 4 is 6.01 Å². The van der Waals surface area contributed by atoms with Gasteiger partial charge in [0.25, 0.3) is 0 Å². The van der Waals surface area contributed by atoms with Crippen LogP contribution in [-0.4, -0.2) is 28.8 Å². The highest BCUT2D eigenvalue weighted by atomic mass is 16.4. The zero-order chi connectivity index (χ0) is 14.8. The number of piperidine rings is 1. The molecular weight excluding hydrogens is 252 g/mol. The standard InChI is InChI=1S/C15H28N4O/c1-11(2)12-6-8-19(9-7-12)14-18-17-13(20-14)10-16-15(3,4)5/h11-12,16H,6-10H2,1-5H3. The second kappa shape index (κ2) is 6.12. The Bertz CT molecular complexity index is 414. The van der Waals surface area contributed by atoms with E-state index in [-0.39, 0.29) is 5.54 Å². The van der Waals surface area contributed by atoms with Gasteiger partial charge in [0.15, 0.2) is 0 Å². The first-order valence-electron chi connectivity index (χ1n) is 7.67. The van der Waals surface area contributed by atoms with E-state index in [1.165, 1.54) is 12.8 Å². The van der Waals surface area contributed by atoms with Gasteiger partial charge in [0.05, 0.1) is 6.54 Å². The van der Waals surface area contributed by atoms with Gasteiger partial charge in [-0.25, -0.2) is 0 Å². The monoisotopic (exact) mass is 280 g/mol. The van der Waals surface area contributed by atoms with Gasteiger partial charge >= 0.3 is 6.01 Å². The van der Waals surface area contributed by atoms with Gasteiger partial charge < -0.3 is 14.6 Å². The van der Waals surface area contributed by atoms with Crippen molar-refractivity contribution in [2.24, 2.45) is 11.8 Å². The molecule has 5 nitrogen and oxygen atoms in total. The van der Waals surface area contributed by atoms with E-state index in [0.717, 1.165) is 24.9 Å². The van der Waals surface area contributed by atoms with E-state index in [4.69, 9.17) is 4.42 Å². The minimum atomic E-state index is 0.0598. The van der Waals surface area contributed by atoms with Gasteiger partial charge in [-0.1, -0.05) is 18.9 Å². The lowest BCUT2D eigenvalue weighted by Crippen LogP contribution is -2.35. The average molecular weight is 280 g/mol. The van der Waals surface area contributed by atoms with Crippen LogP contribution in [0.15, 0.2) is 4.42 Å². The van der Waals surface area contributed by atoms with Gasteiger partial charge in [0.1, 0.15) is 0 Å². The zero-order valence-corrected chi connectivity index (χ0v) is 13.4. The predicted molar refractivity (Wildman–Crippen MR) is 80.7 cm³/mol. The van der Waals surface area contributed by atoms with E-state index in [2.05, 4.69) is 55.0 Å². The molecule has 0 aliphatic carbocycles. The second-order valence-electron chi connectivity index (χ2n) is 7.15. The number of anilines is 1. The van der Waals surface area contributed by atoms with Gasteiger partial charge in [-0.3, -0.25) is 0 Å². The molecule has 2 rings (SSSR count). The molecule has 0 radical (unpaired) electrons. The van der Waals surface area contributed by atoms with E-state index in [9.17, 15) is 0 Å². The number of rotatable bonds is 4. The Morgan fingerprint density at radius 3 is 2.45 bits per heavy atom. The van der Waals surface area contributed by atoms with Crippen molar-refractivity contribution in [1.29, 1.82) is 0 Å². The molecule has 1 saturated heterocycles. The first-order valence-corrected chi connectivity index (χ1v) is 7.67. The van der Waals surface area contributed by atoms with Crippen LogP contribution in [0.3, 0.4) is 0 Å². The summed E-state index contributed by atoms with van der Waals surface area (Å²) in [5.74, 6) is 2.27. The van der Waals surface area contributed by atoms with Crippen LogP contribution in [0, 0.1) is 11.8 Å². The SMILES string of the molecule is CC(C)C1CCN(c2nnc(CNC(C)(C)C)o2)CC1. The van der Waals surface area contributed by atoms with Crippen LogP contribution < -0.4 is 10.2 Å². The van der Waals surface area contributed by atoms with Gasteiger partial charge in [-0.2, -0.15) is 0 Å². The fourth-order valence-corrected chi connectivity index (χ4v) is 2.54. The second-order valence-corrected chi connectivity index (χ2v) is 7.15. The van der Waals surface area contributed by atoms with Crippen LogP contribution >= 0.6 is 0 Å². The third-order valence-corrected chi connectivity index (χ3v) is 3.98. The van der Waals surface area contributed by atoms with Crippen molar-refractivity contribution in [3.8, 4) is 0 Å². The molecule has 0 aromatic carbocycles. The fourth-order valence-electron chi connectivity index (χ4n) is 2.54. The Labute approximate surface area is 122 Å². The number of hydrogen-bond donors (Lipinski definition) is 1. The van der Waals surface area contributed by atoms with Crippen LogP contribution in [0.25, 0.3) is 0 Å². The highest BCUT2D eigenvalue weighted by molar-refractivity contribution is 5.24. The molecule has 1 aliphatic rings. The van der Waals surface area contributed by atoms with Gasteiger partial charge in [-0.15, -0.1) is 5.10 Å². The molecule has 0 atom stereocenters. The summed E-state index contributed by atoms with van der Waals surface area (Å²) in [5.41, 5.74) is 0.0598. The van der Waals surface area contributed by atoms with Crippen molar-refractivity contribution in [2.75, 3.05) is 18.0 Å². The molecule has 1 aromatic heterocycles. The molecule has 0 bridgehead atoms. The normalized spacial score (nSPS) is 18.0. The van der Waals surface area contributed by atoms with Crippen molar-refractivity contribution < 1.29 is 4.42 Å². The summed E-state index contributed by atoms with van der Waals surface area (Å²) in [6.07, 6.45) is 2.44. The molecule has 20 heavy (non-hydrogen) atoms. The van der Waals surface area contributed by atoms with E-state index in [1.807, 2.05) is 0 Å². The Hall–Kier alpha value is -1.10. The average Bonchev–Trinajstić information content (AvgIpc) is 2.84. The van der Waals surface area contributed by atoms with E-state index < -0.39 is 0 Å². The maximum Gasteiger partial charge on any atom is 0.318 e. The maximum absolute atomic E-state index is 5.76. The molecule has 5 heteroatoms. The summed E-state index contributed by atoms with van der Waals surface area (Å²) < 4.78 is 5.76. The van der Waals surface area contributed by atoms with E-state index in [1.54, 1.807) is 0 Å². The third kappa shape index (κ3) is 4.20. The van der Waals surface area contributed by atoms with E-state index >= 15 is 0 Å². The van der Waals surface area contributed by atoms with Gasteiger partial charge in [0, 0.05) is 18.6 Å². The number of aromatic nitrogens is 2. The van der Waals surface area contributed by atoms with Crippen molar-refractivity contribution in [3.63, 3.8) is 0 Å². The minimum absolute atomic E-state index is 0.0598. The highest BCUT2D eigenvalue weighted by Gasteiger charge is 2.24. The summed E-state index contributed by atoms with van der Waals surface area (Å²) in [5, 5.41) is 11.7. The lowest BCUT2D eigenvalue weighted by atomic mass is 9.87. The Kier molecular flexibility index (Phi) is 4.68. The van der Waals surface area contributed by atoms with Crippen molar-refractivity contribution in [2.45, 2.75) is 59.5 Å². The lowest BCUT2D eigenvalue weighted by molar-refractivity contribution is 0.302. The first-order chi connectivity index (χ1) is 9.35. The number of nitrogens with one attached hydrogen (secondary N) is 1. The summed E-state index contributed by atoms with van der Waals surface area (Å²) >= 11 is 0. The fraction of sp³-hybridized carbons (Fsp3) is 0.867. The largest absolute Gasteiger partial charge is 0.407 e. The molecule has 1 fully saturated rings. The molecule has 2 heterocycles. The molecule has 114 valence electrons. The van der Waals surface area contributed by atoms with Crippen molar-refractivity contribution in [3.05, 3.63) is 5.89 Å². The molecular formula is C15H28N4O. The maximum atomic E-state index is 5.76. The third-order valence-electron chi connectivity index (χ3n) is 3.98. The number of hydrogen-bond acceptors (Lipinski definition) is 5. The van der Waals surface area contributed by atoms with Crippen molar-refractivity contribution in [1.82, 2.24) is 15.5 Å². The first kappa shape index (κ1) is 15.3. The molecule has 1 aliphatic heterocycles. The Morgan fingerprint density at radius 1 is 1.25 bits per heavy atom. The smallest absolute Gasteiger partial charge is 0.318 e. The van der Waals surface area contributed by atoms with Crippen LogP contribution in [0.4, 0.5) is 6.01 Å². The Balaban J connectivity index is 1.87. The number of nitrogens with zero attached hydrogens (tertiary/aromatic N) is 3. The summed E-state index contributed by atoms with van der Waals surface area (Å²) in [7, 11) is 0. The molecule has 0 saturated carbocycles. The lowest BCUT2D eigenvalue weighted by Gasteiger charge is -2.32. The van der Waals surface area contributed by atoms with Crippen LogP contribution in [-0.2, 0) is 6.54 Å². The summed E-state index contributed by atoms with van der Waals surface area (Å²) in [6.45, 7) is 13.7. The minimum Gasteiger partial charge on any atom is -0.407 e. The predicted octanol–water partition coefficient (Wildman–Crippen LogP) is 2.83. The van der Waals surface area contributed by atoms with Gasteiger partial charge in [-0.05, 0) is 45.4 Å². The topological polar surface area (TPSA) is 54.2 Å². The molecule has 1 N–H and O–H groups in total. The molecule has 0 amide bonds. The Morgan fingerprint density at radius 2 is 1.90 bits per heavy atom. The summed E-state index contributed by atoms with van der Waals surface area (Å²) in [4.78, 5) is 2.21. The van der Waals surface area contributed by atoms with Crippen LogP contribution in [0.1, 0.15) is 53.4 Å². The van der Waals surface area contributed by atoms with E-state index in [0.29, 0.717) is 18.5 Å². The quantitative estimate of drug-likeness (QED) is 0.919. The zero-order valence-electron chi connectivity index (χ0n) is 13.4. The highest BCUT2D eigenvalue weighted by Crippen LogP contribution is 2.27. The van der Waals surface area contributed by atoms with Crippen LogP contribution in [0.5, 0.6) is 0 Å².